The Hall–Kier alpha value is -3.56. The molecule has 1 amide bonds. The van der Waals surface area contributed by atoms with Crippen LogP contribution in [-0.4, -0.2) is 64.5 Å². The van der Waals surface area contributed by atoms with Gasteiger partial charge in [-0.15, -0.1) is 5.10 Å². The number of nitrogens with zero attached hydrogens (tertiary/aromatic N) is 5. The summed E-state index contributed by atoms with van der Waals surface area (Å²) in [5.74, 6) is -2.41. The van der Waals surface area contributed by atoms with Crippen LogP contribution in [0.3, 0.4) is 0 Å². The highest BCUT2D eigenvalue weighted by Gasteiger charge is 2.46. The standard InChI is InChI=1S/C25H25ClF5N7O3/c1-2-18-19(36-9-7-32-8-10-36)21(39)38-23(34-20(35-38)14-5-11-41-12-6-14)37(18)25(30,31)22(40)33-17-4-3-15(13-16(17)26)24(27,28)29/h3-5,13,32H,2,6-12H2,1H3,(H,33,40). The fourth-order valence-electron chi connectivity index (χ4n) is 4.82. The smallest absolute Gasteiger partial charge is 0.377 e. The first-order valence-corrected chi connectivity index (χ1v) is 13.1. The summed E-state index contributed by atoms with van der Waals surface area (Å²) in [4.78, 5) is 32.7. The van der Waals surface area contributed by atoms with Crippen LogP contribution in [0, 0.1) is 0 Å². The first kappa shape index (κ1) is 29.0. The van der Waals surface area contributed by atoms with E-state index in [9.17, 15) is 22.8 Å². The van der Waals surface area contributed by atoms with Gasteiger partial charge in [-0.25, -0.2) is 4.57 Å². The fraction of sp³-hybridized carbons (Fsp3) is 0.440. The Morgan fingerprint density at radius 2 is 1.93 bits per heavy atom. The number of carbonyl (C=O) groups excluding carboxylic acids is 1. The molecule has 1 saturated heterocycles. The van der Waals surface area contributed by atoms with Crippen molar-refractivity contribution in [3.8, 4) is 0 Å². The van der Waals surface area contributed by atoms with E-state index >= 15 is 8.78 Å². The van der Waals surface area contributed by atoms with Gasteiger partial charge in [0, 0.05) is 26.2 Å². The van der Waals surface area contributed by atoms with Gasteiger partial charge in [-0.1, -0.05) is 24.6 Å². The molecule has 1 fully saturated rings. The number of carbonyl (C=O) groups is 1. The van der Waals surface area contributed by atoms with Gasteiger partial charge in [0.1, 0.15) is 5.69 Å². The molecule has 1 aromatic carbocycles. The van der Waals surface area contributed by atoms with Crippen molar-refractivity contribution in [2.24, 2.45) is 0 Å². The number of benzene rings is 1. The lowest BCUT2D eigenvalue weighted by molar-refractivity contribution is -0.154. The van der Waals surface area contributed by atoms with Gasteiger partial charge < -0.3 is 20.3 Å². The van der Waals surface area contributed by atoms with Gasteiger partial charge in [-0.3, -0.25) is 9.59 Å². The van der Waals surface area contributed by atoms with Crippen molar-refractivity contribution in [1.82, 2.24) is 24.5 Å². The molecule has 41 heavy (non-hydrogen) atoms. The molecular weight excluding hydrogens is 577 g/mol. The molecule has 0 aliphatic carbocycles. The highest BCUT2D eigenvalue weighted by Crippen LogP contribution is 2.36. The van der Waals surface area contributed by atoms with Crippen LogP contribution in [0.1, 0.15) is 30.4 Å². The molecule has 16 heteroatoms. The maximum atomic E-state index is 16.2. The topological polar surface area (TPSA) is 106 Å². The Labute approximate surface area is 234 Å². The average molecular weight is 602 g/mol. The van der Waals surface area contributed by atoms with Crippen LogP contribution in [0.2, 0.25) is 5.02 Å². The van der Waals surface area contributed by atoms with Gasteiger partial charge in [0.2, 0.25) is 5.78 Å². The normalized spacial score (nSPS) is 16.7. The molecule has 2 aromatic heterocycles. The number of halogens is 6. The predicted octanol–water partition coefficient (Wildman–Crippen LogP) is 3.53. The Kier molecular flexibility index (Phi) is 7.78. The third kappa shape index (κ3) is 5.40. The third-order valence-corrected chi connectivity index (χ3v) is 7.16. The third-order valence-electron chi connectivity index (χ3n) is 6.85. The van der Waals surface area contributed by atoms with E-state index in [-0.39, 0.29) is 30.2 Å². The number of nitrogens with one attached hydrogen (secondary N) is 2. The van der Waals surface area contributed by atoms with Gasteiger partial charge in [-0.05, 0) is 36.6 Å². The molecule has 0 unspecified atom stereocenters. The number of aromatic nitrogens is 4. The van der Waals surface area contributed by atoms with Crippen molar-refractivity contribution >= 4 is 40.2 Å². The van der Waals surface area contributed by atoms with Gasteiger partial charge in [0.25, 0.3) is 5.56 Å². The Morgan fingerprint density at radius 3 is 2.54 bits per heavy atom. The SMILES string of the molecule is CCc1c(N2CCNCC2)c(=O)n2nc(C3=CCOCC3)nc2n1C(F)(F)C(=O)Nc1ccc(C(F)(F)F)cc1Cl. The van der Waals surface area contributed by atoms with Crippen LogP contribution in [0.25, 0.3) is 11.4 Å². The average Bonchev–Trinajstić information content (AvgIpc) is 3.39. The highest BCUT2D eigenvalue weighted by molar-refractivity contribution is 6.33. The predicted molar refractivity (Wildman–Crippen MR) is 140 cm³/mol. The van der Waals surface area contributed by atoms with Gasteiger partial charge >= 0.3 is 18.1 Å². The van der Waals surface area contributed by atoms with Crippen molar-refractivity contribution < 1.29 is 31.5 Å². The lowest BCUT2D eigenvalue weighted by atomic mass is 10.1. The molecular formula is C25H25ClF5N7O3. The Balaban J connectivity index is 1.66. The molecule has 0 saturated carbocycles. The lowest BCUT2D eigenvalue weighted by Crippen LogP contribution is -2.48. The number of amides is 1. The number of ether oxygens (including phenoxy) is 1. The summed E-state index contributed by atoms with van der Waals surface area (Å²) in [6, 6.07) is -2.44. The second kappa shape index (κ2) is 11.0. The highest BCUT2D eigenvalue weighted by atomic mass is 35.5. The monoisotopic (exact) mass is 601 g/mol. The molecule has 3 aromatic rings. The Bertz CT molecular complexity index is 1580. The first-order valence-electron chi connectivity index (χ1n) is 12.8. The zero-order valence-electron chi connectivity index (χ0n) is 21.7. The van der Waals surface area contributed by atoms with E-state index in [4.69, 9.17) is 16.3 Å². The number of hydrogen-bond acceptors (Lipinski definition) is 7. The summed E-state index contributed by atoms with van der Waals surface area (Å²) in [5, 5.41) is 8.73. The summed E-state index contributed by atoms with van der Waals surface area (Å²) in [5.41, 5.74) is -1.82. The molecule has 10 nitrogen and oxygen atoms in total. The number of anilines is 2. The minimum Gasteiger partial charge on any atom is -0.377 e. The van der Waals surface area contributed by atoms with E-state index in [1.165, 1.54) is 0 Å². The molecule has 0 atom stereocenters. The van der Waals surface area contributed by atoms with Crippen molar-refractivity contribution in [3.05, 3.63) is 56.7 Å². The van der Waals surface area contributed by atoms with Crippen LogP contribution in [0.5, 0.6) is 0 Å². The van der Waals surface area contributed by atoms with E-state index in [2.05, 4.69) is 15.4 Å². The second-order valence-electron chi connectivity index (χ2n) is 9.42. The number of fused-ring (bicyclic) bond motifs is 1. The summed E-state index contributed by atoms with van der Waals surface area (Å²) >= 11 is 5.90. The molecule has 4 heterocycles. The molecule has 0 spiro atoms. The summed E-state index contributed by atoms with van der Waals surface area (Å²) in [6.45, 7) is 3.86. The minimum absolute atomic E-state index is 0.0423. The van der Waals surface area contributed by atoms with E-state index in [0.717, 1.165) is 10.6 Å². The minimum atomic E-state index is -4.72. The summed E-state index contributed by atoms with van der Waals surface area (Å²) in [6.07, 6.45) is -2.73. The zero-order chi connectivity index (χ0) is 29.5. The van der Waals surface area contributed by atoms with Crippen molar-refractivity contribution in [1.29, 1.82) is 0 Å². The van der Waals surface area contributed by atoms with Crippen molar-refractivity contribution in [2.45, 2.75) is 32.0 Å². The molecule has 0 radical (unpaired) electrons. The Morgan fingerprint density at radius 1 is 1.20 bits per heavy atom. The van der Waals surface area contributed by atoms with Crippen LogP contribution in [0.15, 0.2) is 29.1 Å². The van der Waals surface area contributed by atoms with Gasteiger partial charge in [-0.2, -0.15) is 31.5 Å². The van der Waals surface area contributed by atoms with Crippen LogP contribution in [0.4, 0.5) is 33.3 Å². The maximum Gasteiger partial charge on any atom is 0.416 e. The molecule has 2 aliphatic heterocycles. The van der Waals surface area contributed by atoms with E-state index in [1.54, 1.807) is 17.9 Å². The van der Waals surface area contributed by atoms with Crippen LogP contribution < -0.4 is 21.1 Å². The maximum absolute atomic E-state index is 16.2. The molecule has 2 N–H and O–H groups in total. The molecule has 0 bridgehead atoms. The van der Waals surface area contributed by atoms with E-state index in [0.29, 0.717) is 61.5 Å². The fourth-order valence-corrected chi connectivity index (χ4v) is 5.05. The first-order chi connectivity index (χ1) is 19.4. The summed E-state index contributed by atoms with van der Waals surface area (Å²) < 4.78 is 78.0. The van der Waals surface area contributed by atoms with Crippen molar-refractivity contribution in [3.63, 3.8) is 0 Å². The van der Waals surface area contributed by atoms with Crippen LogP contribution >= 0.6 is 11.6 Å². The lowest BCUT2D eigenvalue weighted by Gasteiger charge is -2.32. The number of hydrogen-bond donors (Lipinski definition) is 2. The molecule has 5 rings (SSSR count). The largest absolute Gasteiger partial charge is 0.416 e. The van der Waals surface area contributed by atoms with Crippen molar-refractivity contribution in [2.75, 3.05) is 49.6 Å². The van der Waals surface area contributed by atoms with Gasteiger partial charge in [0.15, 0.2) is 5.82 Å². The molecule has 2 aliphatic rings. The number of rotatable bonds is 6. The van der Waals surface area contributed by atoms with E-state index < -0.39 is 45.7 Å². The quantitative estimate of drug-likeness (QED) is 0.417. The number of alkyl halides is 5. The summed E-state index contributed by atoms with van der Waals surface area (Å²) in [7, 11) is 0. The van der Waals surface area contributed by atoms with Crippen LogP contribution in [-0.2, 0) is 28.2 Å². The van der Waals surface area contributed by atoms with E-state index in [1.807, 2.05) is 5.32 Å². The van der Waals surface area contributed by atoms with Gasteiger partial charge in [0.05, 0.1) is 35.2 Å². The molecule has 220 valence electrons. The second-order valence-corrected chi connectivity index (χ2v) is 9.82. The number of piperazine rings is 1. The zero-order valence-corrected chi connectivity index (χ0v) is 22.5.